The third kappa shape index (κ3) is 2.80. The van der Waals surface area contributed by atoms with Gasteiger partial charge in [-0.2, -0.15) is 13.2 Å². The molecule has 0 aliphatic heterocycles. The summed E-state index contributed by atoms with van der Waals surface area (Å²) in [7, 11) is 0. The Morgan fingerprint density at radius 2 is 2.00 bits per heavy atom. The molecule has 2 nitrogen and oxygen atoms in total. The Hall–Kier alpha value is -1.47. The van der Waals surface area contributed by atoms with Gasteiger partial charge in [0.15, 0.2) is 0 Å². The topological polar surface area (TPSA) is 38.9 Å². The molecule has 1 aromatic heterocycles. The fraction of sp³-hybridized carbons (Fsp3) is 0.357. The third-order valence-corrected chi connectivity index (χ3v) is 4.53. The van der Waals surface area contributed by atoms with Crippen molar-refractivity contribution in [3.8, 4) is 10.6 Å². The molecule has 3 rings (SSSR count). The summed E-state index contributed by atoms with van der Waals surface area (Å²) in [5.74, 6) is -0.384. The van der Waals surface area contributed by atoms with E-state index in [4.69, 9.17) is 5.73 Å². The van der Waals surface area contributed by atoms with E-state index in [9.17, 15) is 17.6 Å². The number of halogens is 4. The van der Waals surface area contributed by atoms with E-state index in [1.165, 1.54) is 11.3 Å². The van der Waals surface area contributed by atoms with Crippen molar-refractivity contribution in [2.75, 3.05) is 0 Å². The second-order valence-corrected chi connectivity index (χ2v) is 6.08. The standard InChI is InChI=1S/C14H12F4N2S/c15-10-4-3-8(14(16,17)18)5-9(10)13-20-12(7-1-2-7)11(6-19)21-13/h3-5,7H,1-2,6,19H2. The number of thiazole rings is 1. The number of hydrogen-bond donors (Lipinski definition) is 1. The molecule has 1 heterocycles. The van der Waals surface area contributed by atoms with Crippen molar-refractivity contribution in [1.82, 2.24) is 4.98 Å². The van der Waals surface area contributed by atoms with Gasteiger partial charge in [-0.15, -0.1) is 11.3 Å². The van der Waals surface area contributed by atoms with E-state index in [1.807, 2.05) is 0 Å². The maximum Gasteiger partial charge on any atom is 0.416 e. The Morgan fingerprint density at radius 1 is 1.29 bits per heavy atom. The molecule has 21 heavy (non-hydrogen) atoms. The van der Waals surface area contributed by atoms with Gasteiger partial charge in [-0.1, -0.05) is 0 Å². The Morgan fingerprint density at radius 3 is 2.57 bits per heavy atom. The van der Waals surface area contributed by atoms with Gasteiger partial charge < -0.3 is 5.73 Å². The first-order valence-electron chi connectivity index (χ1n) is 6.47. The summed E-state index contributed by atoms with van der Waals surface area (Å²) >= 11 is 1.17. The van der Waals surface area contributed by atoms with Crippen LogP contribution in [0.25, 0.3) is 10.6 Å². The molecule has 1 aliphatic rings. The quantitative estimate of drug-likeness (QED) is 0.857. The van der Waals surface area contributed by atoms with E-state index in [2.05, 4.69) is 4.98 Å². The molecule has 2 N–H and O–H groups in total. The number of alkyl halides is 3. The zero-order valence-corrected chi connectivity index (χ0v) is 11.7. The highest BCUT2D eigenvalue weighted by Crippen LogP contribution is 2.44. The van der Waals surface area contributed by atoms with E-state index in [1.54, 1.807) is 0 Å². The number of aromatic nitrogens is 1. The van der Waals surface area contributed by atoms with E-state index in [-0.39, 0.29) is 17.1 Å². The number of nitrogens with two attached hydrogens (primary N) is 1. The highest BCUT2D eigenvalue weighted by Gasteiger charge is 2.33. The Kier molecular flexibility index (Phi) is 3.49. The summed E-state index contributed by atoms with van der Waals surface area (Å²) in [5, 5.41) is 0.265. The van der Waals surface area contributed by atoms with Gasteiger partial charge in [0.05, 0.1) is 11.3 Å². The fourth-order valence-corrected chi connectivity index (χ4v) is 3.21. The lowest BCUT2D eigenvalue weighted by molar-refractivity contribution is -0.137. The summed E-state index contributed by atoms with van der Waals surface area (Å²) in [6, 6.07) is 2.38. The van der Waals surface area contributed by atoms with Crippen molar-refractivity contribution in [2.45, 2.75) is 31.5 Å². The first-order chi connectivity index (χ1) is 9.90. The molecule has 0 bridgehead atoms. The normalized spacial score (nSPS) is 15.5. The average Bonchev–Trinajstić information content (AvgIpc) is 3.17. The van der Waals surface area contributed by atoms with Crippen LogP contribution in [-0.4, -0.2) is 4.98 Å². The van der Waals surface area contributed by atoms with Crippen LogP contribution < -0.4 is 5.73 Å². The molecule has 2 aromatic rings. The molecular weight excluding hydrogens is 304 g/mol. The van der Waals surface area contributed by atoms with E-state index >= 15 is 0 Å². The van der Waals surface area contributed by atoms with Crippen molar-refractivity contribution in [2.24, 2.45) is 5.73 Å². The van der Waals surface area contributed by atoms with Gasteiger partial charge in [0.2, 0.25) is 0 Å². The fourth-order valence-electron chi connectivity index (χ4n) is 2.17. The monoisotopic (exact) mass is 316 g/mol. The summed E-state index contributed by atoms with van der Waals surface area (Å²) in [5.41, 5.74) is 5.46. The van der Waals surface area contributed by atoms with Gasteiger partial charge in [-0.25, -0.2) is 9.37 Å². The molecule has 0 saturated heterocycles. The number of hydrogen-bond acceptors (Lipinski definition) is 3. The van der Waals surface area contributed by atoms with Crippen molar-refractivity contribution in [1.29, 1.82) is 0 Å². The first kappa shape index (κ1) is 14.5. The van der Waals surface area contributed by atoms with E-state index in [0.29, 0.717) is 5.92 Å². The lowest BCUT2D eigenvalue weighted by Crippen LogP contribution is -2.05. The lowest BCUT2D eigenvalue weighted by atomic mass is 10.1. The predicted octanol–water partition coefficient (Wildman–Crippen LogP) is 4.30. The molecule has 1 fully saturated rings. The summed E-state index contributed by atoms with van der Waals surface area (Å²) in [6.45, 7) is 0.268. The highest BCUT2D eigenvalue weighted by molar-refractivity contribution is 7.15. The van der Waals surface area contributed by atoms with Gasteiger partial charge in [0.25, 0.3) is 0 Å². The van der Waals surface area contributed by atoms with Gasteiger partial charge in [0.1, 0.15) is 10.8 Å². The molecular formula is C14H12F4N2S. The summed E-state index contributed by atoms with van der Waals surface area (Å²) in [4.78, 5) is 5.15. The minimum absolute atomic E-state index is 0.114. The molecule has 1 aromatic carbocycles. The van der Waals surface area contributed by atoms with Gasteiger partial charge in [0, 0.05) is 22.9 Å². The van der Waals surface area contributed by atoms with Crippen LogP contribution in [0.15, 0.2) is 18.2 Å². The molecule has 0 amide bonds. The van der Waals surface area contributed by atoms with Crippen LogP contribution in [-0.2, 0) is 12.7 Å². The molecule has 0 spiro atoms. The van der Waals surface area contributed by atoms with Gasteiger partial charge in [-0.3, -0.25) is 0 Å². The maximum atomic E-state index is 13.9. The number of benzene rings is 1. The van der Waals surface area contributed by atoms with Crippen LogP contribution in [0.3, 0.4) is 0 Å². The zero-order valence-electron chi connectivity index (χ0n) is 10.9. The maximum absolute atomic E-state index is 13.9. The lowest BCUT2D eigenvalue weighted by Gasteiger charge is -2.08. The Balaban J connectivity index is 2.07. The van der Waals surface area contributed by atoms with Crippen molar-refractivity contribution in [3.05, 3.63) is 40.2 Å². The molecule has 0 atom stereocenters. The van der Waals surface area contributed by atoms with Crippen LogP contribution in [0, 0.1) is 5.82 Å². The predicted molar refractivity (Wildman–Crippen MR) is 72.4 cm³/mol. The van der Waals surface area contributed by atoms with E-state index in [0.717, 1.165) is 41.6 Å². The minimum Gasteiger partial charge on any atom is -0.326 e. The molecule has 112 valence electrons. The van der Waals surface area contributed by atoms with Crippen molar-refractivity contribution < 1.29 is 17.6 Å². The number of rotatable bonds is 3. The van der Waals surface area contributed by atoms with Crippen LogP contribution in [0.1, 0.15) is 34.9 Å². The molecule has 0 radical (unpaired) electrons. The summed E-state index contributed by atoms with van der Waals surface area (Å²) in [6.07, 6.45) is -2.50. The smallest absolute Gasteiger partial charge is 0.326 e. The van der Waals surface area contributed by atoms with Crippen molar-refractivity contribution in [3.63, 3.8) is 0 Å². The Labute approximate surface area is 122 Å². The summed E-state index contributed by atoms with van der Waals surface area (Å²) < 4.78 is 52.1. The molecule has 0 unspecified atom stereocenters. The molecule has 1 aliphatic carbocycles. The zero-order chi connectivity index (χ0) is 15.2. The minimum atomic E-state index is -4.50. The van der Waals surface area contributed by atoms with Crippen LogP contribution in [0.5, 0.6) is 0 Å². The second-order valence-electron chi connectivity index (χ2n) is 5.00. The number of nitrogens with zero attached hydrogens (tertiary/aromatic N) is 1. The van der Waals surface area contributed by atoms with E-state index < -0.39 is 17.6 Å². The average molecular weight is 316 g/mol. The van der Waals surface area contributed by atoms with Crippen LogP contribution in [0.2, 0.25) is 0 Å². The van der Waals surface area contributed by atoms with Crippen LogP contribution >= 0.6 is 11.3 Å². The van der Waals surface area contributed by atoms with Gasteiger partial charge in [-0.05, 0) is 31.0 Å². The molecule has 1 saturated carbocycles. The van der Waals surface area contributed by atoms with Gasteiger partial charge >= 0.3 is 6.18 Å². The van der Waals surface area contributed by atoms with Crippen LogP contribution in [0.4, 0.5) is 17.6 Å². The van der Waals surface area contributed by atoms with Crippen molar-refractivity contribution >= 4 is 11.3 Å². The SMILES string of the molecule is NCc1sc(-c2cc(C(F)(F)F)ccc2F)nc1C1CC1. The third-order valence-electron chi connectivity index (χ3n) is 3.40. The second kappa shape index (κ2) is 5.06. The highest BCUT2D eigenvalue weighted by atomic mass is 32.1. The Bertz CT molecular complexity index is 674. The first-order valence-corrected chi connectivity index (χ1v) is 7.28. The largest absolute Gasteiger partial charge is 0.416 e. The molecule has 7 heteroatoms.